The number of methoxy groups -OCH3 is 1. The minimum absolute atomic E-state index is 0.0481. The maximum atomic E-state index is 13.0. The molecule has 1 unspecified atom stereocenters. The summed E-state index contributed by atoms with van der Waals surface area (Å²) in [5.41, 5.74) is 3.21. The Labute approximate surface area is 184 Å². The first-order valence-electron chi connectivity index (χ1n) is 10.6. The number of carbonyl (C=O) groups is 1. The molecule has 2 aromatic rings. The fourth-order valence-electron chi connectivity index (χ4n) is 4.15. The number of fused-ring (bicyclic) bond motifs is 2. The molecule has 5 heteroatoms. The second-order valence-electron chi connectivity index (χ2n) is 9.07. The summed E-state index contributed by atoms with van der Waals surface area (Å²) in [4.78, 5) is 13.0. The van der Waals surface area contributed by atoms with Gasteiger partial charge in [-0.25, -0.2) is 0 Å². The summed E-state index contributed by atoms with van der Waals surface area (Å²) in [6.45, 7) is 10.3. The maximum Gasteiger partial charge on any atom is 0.169 e. The number of hydrogen-bond donors (Lipinski definition) is 2. The number of carbonyl (C=O) groups excluding carboxylic acids is 1. The molecule has 0 saturated heterocycles. The van der Waals surface area contributed by atoms with Crippen molar-refractivity contribution in [2.45, 2.75) is 59.5 Å². The van der Waals surface area contributed by atoms with E-state index >= 15 is 0 Å². The van der Waals surface area contributed by atoms with E-state index < -0.39 is 5.60 Å². The largest absolute Gasteiger partial charge is 0.507 e. The molecule has 0 spiro atoms. The highest BCUT2D eigenvalue weighted by Gasteiger charge is 2.38. The first-order chi connectivity index (χ1) is 14.6. The van der Waals surface area contributed by atoms with Crippen LogP contribution in [0.15, 0.2) is 35.4 Å². The van der Waals surface area contributed by atoms with E-state index in [4.69, 9.17) is 9.47 Å². The number of aromatic hydroxyl groups is 2. The number of ether oxygens (including phenoxy) is 2. The third-order valence-corrected chi connectivity index (χ3v) is 5.76. The van der Waals surface area contributed by atoms with Crippen LogP contribution in [0.3, 0.4) is 0 Å². The molecule has 0 heterocycles. The molecule has 1 atom stereocenters. The van der Waals surface area contributed by atoms with E-state index in [0.29, 0.717) is 41.5 Å². The van der Waals surface area contributed by atoms with Crippen molar-refractivity contribution in [1.29, 1.82) is 0 Å². The second-order valence-corrected chi connectivity index (χ2v) is 9.07. The number of benzene rings is 2. The highest BCUT2D eigenvalue weighted by Crippen LogP contribution is 2.46. The van der Waals surface area contributed by atoms with Crippen molar-refractivity contribution < 1.29 is 24.5 Å². The number of phenols is 2. The van der Waals surface area contributed by atoms with E-state index in [0.717, 1.165) is 16.7 Å². The number of Topliss-reactive ketones (excluding diaryl/α,β-unsaturated/α-hetero) is 1. The second kappa shape index (κ2) is 8.75. The van der Waals surface area contributed by atoms with Gasteiger partial charge in [-0.15, -0.1) is 0 Å². The summed E-state index contributed by atoms with van der Waals surface area (Å²) >= 11 is 0. The van der Waals surface area contributed by atoms with Crippen molar-refractivity contribution in [3.8, 4) is 17.2 Å². The lowest BCUT2D eigenvalue weighted by Gasteiger charge is -2.34. The van der Waals surface area contributed by atoms with Crippen molar-refractivity contribution in [3.05, 3.63) is 52.1 Å². The zero-order valence-corrected chi connectivity index (χ0v) is 19.3. The van der Waals surface area contributed by atoms with Crippen LogP contribution in [0.1, 0.15) is 62.5 Å². The zero-order valence-electron chi connectivity index (χ0n) is 19.3. The zero-order chi connectivity index (χ0) is 22.9. The Kier molecular flexibility index (Phi) is 6.46. The van der Waals surface area contributed by atoms with Gasteiger partial charge in [-0.2, -0.15) is 0 Å². The fraction of sp³-hybridized carbons (Fsp3) is 0.423. The number of phenolic OH excluding ortho intramolecular Hbond substituents is 2. The molecule has 0 radical (unpaired) electrons. The Morgan fingerprint density at radius 1 is 1.06 bits per heavy atom. The van der Waals surface area contributed by atoms with Crippen molar-refractivity contribution in [1.82, 2.24) is 0 Å². The predicted molar refractivity (Wildman–Crippen MR) is 123 cm³/mol. The average molecular weight is 425 g/mol. The summed E-state index contributed by atoms with van der Waals surface area (Å²) in [6.07, 6.45) is 5.11. The molecule has 0 fully saturated rings. The Morgan fingerprint density at radius 3 is 2.35 bits per heavy atom. The predicted octanol–water partition coefficient (Wildman–Crippen LogP) is 5.64. The lowest BCUT2D eigenvalue weighted by atomic mass is 9.78. The van der Waals surface area contributed by atoms with E-state index in [9.17, 15) is 15.0 Å². The number of rotatable bonds is 6. The van der Waals surface area contributed by atoms with Crippen LogP contribution in [0.4, 0.5) is 0 Å². The Hall–Kier alpha value is -2.79. The number of hydrogen-bond acceptors (Lipinski definition) is 5. The minimum atomic E-state index is -0.647. The van der Waals surface area contributed by atoms with Crippen LogP contribution in [0.25, 0.3) is 10.8 Å². The van der Waals surface area contributed by atoms with Crippen molar-refractivity contribution in [3.63, 3.8) is 0 Å². The molecule has 0 aromatic heterocycles. The Balaban J connectivity index is 2.12. The van der Waals surface area contributed by atoms with E-state index in [1.165, 1.54) is 0 Å². The SMILES string of the molecule is COc1cc2cc3c(c(O)c2c(O)c1CC=C(C)C)C(=O)CC(C)(OCC=C(C)C)C3. The summed E-state index contributed by atoms with van der Waals surface area (Å²) < 4.78 is 11.6. The van der Waals surface area contributed by atoms with E-state index in [-0.39, 0.29) is 29.3 Å². The quantitative estimate of drug-likeness (QED) is 0.587. The Morgan fingerprint density at radius 2 is 1.74 bits per heavy atom. The molecule has 31 heavy (non-hydrogen) atoms. The topological polar surface area (TPSA) is 76.0 Å². The number of allylic oxidation sites excluding steroid dienone is 3. The van der Waals surface area contributed by atoms with Gasteiger partial charge in [0.2, 0.25) is 0 Å². The third kappa shape index (κ3) is 4.62. The molecule has 0 aliphatic heterocycles. The first kappa shape index (κ1) is 22.9. The molecule has 5 nitrogen and oxygen atoms in total. The molecule has 3 rings (SSSR count). The summed E-state index contributed by atoms with van der Waals surface area (Å²) in [5.74, 6) is 0.156. The monoisotopic (exact) mass is 424 g/mol. The highest BCUT2D eigenvalue weighted by molar-refractivity contribution is 6.09. The van der Waals surface area contributed by atoms with Gasteiger partial charge in [0.25, 0.3) is 0 Å². The molecule has 2 aromatic carbocycles. The van der Waals surface area contributed by atoms with Crippen LogP contribution in [0.5, 0.6) is 17.2 Å². The van der Waals surface area contributed by atoms with Gasteiger partial charge in [0.1, 0.15) is 17.2 Å². The minimum Gasteiger partial charge on any atom is -0.507 e. The smallest absolute Gasteiger partial charge is 0.169 e. The molecule has 1 aliphatic carbocycles. The Bertz CT molecular complexity index is 1090. The van der Waals surface area contributed by atoms with Gasteiger partial charge >= 0.3 is 0 Å². The highest BCUT2D eigenvalue weighted by atomic mass is 16.5. The van der Waals surface area contributed by atoms with Crippen LogP contribution in [-0.4, -0.2) is 35.3 Å². The van der Waals surface area contributed by atoms with Gasteiger partial charge in [-0.1, -0.05) is 23.3 Å². The standard InChI is InChI=1S/C26H32O5/c1-15(2)7-8-19-21(30-6)12-17-11-18-13-26(5,31-10-9-16(3)4)14-20(27)22(18)25(29)23(17)24(19)28/h7,9,11-12,28-29H,8,10,13-14H2,1-6H3. The van der Waals surface area contributed by atoms with Gasteiger partial charge in [-0.3, -0.25) is 4.79 Å². The molecule has 1 aliphatic rings. The van der Waals surface area contributed by atoms with E-state index in [1.54, 1.807) is 7.11 Å². The van der Waals surface area contributed by atoms with Gasteiger partial charge in [0, 0.05) is 18.4 Å². The van der Waals surface area contributed by atoms with Crippen LogP contribution in [0.2, 0.25) is 0 Å². The van der Waals surface area contributed by atoms with Crippen molar-refractivity contribution in [2.24, 2.45) is 0 Å². The molecular formula is C26H32O5. The van der Waals surface area contributed by atoms with Crippen LogP contribution >= 0.6 is 0 Å². The molecule has 0 bridgehead atoms. The lowest BCUT2D eigenvalue weighted by Crippen LogP contribution is -2.38. The van der Waals surface area contributed by atoms with Gasteiger partial charge in [0.05, 0.1) is 30.3 Å². The lowest BCUT2D eigenvalue weighted by molar-refractivity contribution is -0.0208. The maximum absolute atomic E-state index is 13.0. The average Bonchev–Trinajstić information content (AvgIpc) is 2.65. The van der Waals surface area contributed by atoms with Gasteiger partial charge < -0.3 is 19.7 Å². The molecule has 0 amide bonds. The fourth-order valence-corrected chi connectivity index (χ4v) is 4.15. The molecule has 166 valence electrons. The molecule has 2 N–H and O–H groups in total. The van der Waals surface area contributed by atoms with Gasteiger partial charge in [-0.05, 0) is 64.1 Å². The summed E-state index contributed by atoms with van der Waals surface area (Å²) in [5, 5.41) is 23.0. The summed E-state index contributed by atoms with van der Waals surface area (Å²) in [7, 11) is 1.56. The van der Waals surface area contributed by atoms with Crippen molar-refractivity contribution >= 4 is 16.6 Å². The van der Waals surface area contributed by atoms with E-state index in [2.05, 4.69) is 0 Å². The molecular weight excluding hydrogens is 392 g/mol. The molecule has 0 saturated carbocycles. The van der Waals surface area contributed by atoms with Crippen LogP contribution < -0.4 is 4.74 Å². The van der Waals surface area contributed by atoms with Gasteiger partial charge in [0.15, 0.2) is 5.78 Å². The normalized spacial score (nSPS) is 17.9. The van der Waals surface area contributed by atoms with Crippen LogP contribution in [-0.2, 0) is 17.6 Å². The van der Waals surface area contributed by atoms with Crippen LogP contribution in [0, 0.1) is 0 Å². The van der Waals surface area contributed by atoms with E-state index in [1.807, 2.05) is 58.9 Å². The third-order valence-electron chi connectivity index (χ3n) is 5.76. The first-order valence-corrected chi connectivity index (χ1v) is 10.6. The number of ketones is 1. The summed E-state index contributed by atoms with van der Waals surface area (Å²) in [6, 6.07) is 3.67. The van der Waals surface area contributed by atoms with Crippen molar-refractivity contribution in [2.75, 3.05) is 13.7 Å².